The highest BCUT2D eigenvalue weighted by molar-refractivity contribution is 6.23. The van der Waals surface area contributed by atoms with Gasteiger partial charge in [-0.3, -0.25) is 34.3 Å². The van der Waals surface area contributed by atoms with Gasteiger partial charge in [-0.2, -0.15) is 0 Å². The summed E-state index contributed by atoms with van der Waals surface area (Å²) in [6.07, 6.45) is 0.236. The van der Waals surface area contributed by atoms with Gasteiger partial charge in [-0.25, -0.2) is 4.39 Å². The molecule has 1 unspecified atom stereocenters. The van der Waals surface area contributed by atoms with Crippen LogP contribution in [-0.2, 0) is 16.1 Å². The van der Waals surface area contributed by atoms with Crippen molar-refractivity contribution >= 4 is 29.3 Å². The maximum Gasteiger partial charge on any atom is 0.262 e. The van der Waals surface area contributed by atoms with Crippen LogP contribution in [0, 0.1) is 5.82 Å². The molecule has 1 atom stereocenters. The van der Waals surface area contributed by atoms with Gasteiger partial charge < -0.3 is 4.90 Å². The molecule has 5 rings (SSSR count). The Morgan fingerprint density at radius 3 is 2.27 bits per heavy atom. The fourth-order valence-electron chi connectivity index (χ4n) is 4.69. The van der Waals surface area contributed by atoms with E-state index >= 15 is 0 Å². The Morgan fingerprint density at radius 1 is 0.879 bits per heavy atom. The Hall–Kier alpha value is -3.59. The van der Waals surface area contributed by atoms with Crippen LogP contribution in [0.15, 0.2) is 42.5 Å². The molecule has 3 aliphatic rings. The summed E-state index contributed by atoms with van der Waals surface area (Å²) in [6, 6.07) is 10.7. The fourth-order valence-corrected chi connectivity index (χ4v) is 4.69. The van der Waals surface area contributed by atoms with E-state index in [1.54, 1.807) is 24.3 Å². The van der Waals surface area contributed by atoms with Gasteiger partial charge in [0, 0.05) is 44.8 Å². The molecule has 0 bridgehead atoms. The summed E-state index contributed by atoms with van der Waals surface area (Å²) in [6.45, 7) is 3.85. The lowest BCUT2D eigenvalue weighted by atomic mass is 10.0. The van der Waals surface area contributed by atoms with Crippen molar-refractivity contribution in [2.75, 3.05) is 31.1 Å². The monoisotopic (exact) mass is 450 g/mol. The second-order valence-electron chi connectivity index (χ2n) is 8.57. The van der Waals surface area contributed by atoms with E-state index in [1.165, 1.54) is 12.1 Å². The Morgan fingerprint density at radius 2 is 1.58 bits per heavy atom. The number of piperidine rings is 1. The Kier molecular flexibility index (Phi) is 5.41. The van der Waals surface area contributed by atoms with Crippen LogP contribution < -0.4 is 10.2 Å². The van der Waals surface area contributed by atoms with Gasteiger partial charge in [0.15, 0.2) is 0 Å². The summed E-state index contributed by atoms with van der Waals surface area (Å²) in [5.41, 5.74) is 2.49. The quantitative estimate of drug-likeness (QED) is 0.711. The molecule has 3 heterocycles. The van der Waals surface area contributed by atoms with Crippen molar-refractivity contribution in [3.05, 3.63) is 65.0 Å². The van der Waals surface area contributed by atoms with Gasteiger partial charge in [0.25, 0.3) is 11.8 Å². The highest BCUT2D eigenvalue weighted by atomic mass is 19.1. The van der Waals surface area contributed by atoms with E-state index in [9.17, 15) is 23.6 Å². The first-order valence-electron chi connectivity index (χ1n) is 11.0. The molecule has 170 valence electrons. The van der Waals surface area contributed by atoms with Crippen LogP contribution in [0.4, 0.5) is 10.1 Å². The highest BCUT2D eigenvalue weighted by Gasteiger charge is 2.44. The predicted octanol–water partition coefficient (Wildman–Crippen LogP) is 1.55. The van der Waals surface area contributed by atoms with Crippen LogP contribution in [0.5, 0.6) is 0 Å². The van der Waals surface area contributed by atoms with Crippen LogP contribution >= 0.6 is 0 Å². The summed E-state index contributed by atoms with van der Waals surface area (Å²) in [5.74, 6) is -2.25. The summed E-state index contributed by atoms with van der Waals surface area (Å²) in [5, 5.41) is 2.20. The van der Waals surface area contributed by atoms with Crippen LogP contribution in [0.1, 0.15) is 39.1 Å². The lowest BCUT2D eigenvalue weighted by Crippen LogP contribution is -2.54. The van der Waals surface area contributed by atoms with Gasteiger partial charge in [-0.15, -0.1) is 0 Å². The van der Waals surface area contributed by atoms with Crippen LogP contribution in [0.3, 0.4) is 0 Å². The average molecular weight is 450 g/mol. The first-order chi connectivity index (χ1) is 15.9. The van der Waals surface area contributed by atoms with Gasteiger partial charge in [0.2, 0.25) is 11.8 Å². The van der Waals surface area contributed by atoms with Gasteiger partial charge in [0.05, 0.1) is 11.1 Å². The molecule has 0 radical (unpaired) electrons. The second-order valence-corrected chi connectivity index (χ2v) is 8.57. The van der Waals surface area contributed by atoms with Crippen molar-refractivity contribution in [3.8, 4) is 0 Å². The van der Waals surface area contributed by atoms with Crippen molar-refractivity contribution in [2.45, 2.75) is 25.4 Å². The first kappa shape index (κ1) is 21.3. The molecule has 3 aliphatic heterocycles. The number of anilines is 1. The fraction of sp³-hybridized carbons (Fsp3) is 0.333. The molecule has 33 heavy (non-hydrogen) atoms. The number of carbonyl (C=O) groups is 4. The third kappa shape index (κ3) is 4.00. The number of amides is 4. The number of nitrogens with zero attached hydrogens (tertiary/aromatic N) is 3. The van der Waals surface area contributed by atoms with Gasteiger partial charge in [-0.1, -0.05) is 6.07 Å². The van der Waals surface area contributed by atoms with Crippen molar-refractivity contribution in [1.29, 1.82) is 0 Å². The van der Waals surface area contributed by atoms with Gasteiger partial charge >= 0.3 is 0 Å². The lowest BCUT2D eigenvalue weighted by molar-refractivity contribution is -0.136. The molecule has 2 aromatic rings. The number of benzene rings is 2. The number of hydrogen-bond acceptors (Lipinski definition) is 6. The maximum absolute atomic E-state index is 13.2. The third-order valence-electron chi connectivity index (χ3n) is 6.47. The Labute approximate surface area is 189 Å². The molecule has 2 fully saturated rings. The minimum atomic E-state index is -0.960. The molecular formula is C24H23FN4O4. The van der Waals surface area contributed by atoms with Gasteiger partial charge in [0.1, 0.15) is 11.9 Å². The smallest absolute Gasteiger partial charge is 0.262 e. The zero-order valence-corrected chi connectivity index (χ0v) is 17.9. The number of piperazine rings is 1. The van der Waals surface area contributed by atoms with E-state index in [2.05, 4.69) is 15.1 Å². The maximum atomic E-state index is 13.2. The molecule has 2 saturated heterocycles. The third-order valence-corrected chi connectivity index (χ3v) is 6.47. The molecular weight excluding hydrogens is 427 g/mol. The molecule has 9 heteroatoms. The molecule has 0 saturated carbocycles. The number of fused-ring (bicyclic) bond motifs is 1. The first-order valence-corrected chi connectivity index (χ1v) is 11.0. The normalized spacial score (nSPS) is 21.4. The van der Waals surface area contributed by atoms with E-state index < -0.39 is 29.7 Å². The number of nitrogens with one attached hydrogen (secondary N) is 1. The zero-order chi connectivity index (χ0) is 23.1. The second kappa shape index (κ2) is 8.40. The molecule has 0 spiro atoms. The van der Waals surface area contributed by atoms with Crippen LogP contribution in [0.25, 0.3) is 0 Å². The van der Waals surface area contributed by atoms with Crippen molar-refractivity contribution < 1.29 is 23.6 Å². The Balaban J connectivity index is 1.25. The molecule has 0 aromatic heterocycles. The van der Waals surface area contributed by atoms with E-state index in [1.807, 2.05) is 6.07 Å². The number of rotatable bonds is 4. The minimum absolute atomic E-state index is 0.0962. The highest BCUT2D eigenvalue weighted by Crippen LogP contribution is 2.29. The van der Waals surface area contributed by atoms with E-state index in [0.717, 1.165) is 42.3 Å². The standard InChI is InChI=1S/C24H23FN4O4/c25-16-2-4-17(5-3-16)28-11-9-27(10-12-28)14-15-1-6-18-19(13-15)24(33)29(23(18)32)20-7-8-21(30)26-22(20)31/h1-6,13,20H,7-12,14H2,(H,26,30,31). The minimum Gasteiger partial charge on any atom is -0.369 e. The number of imide groups is 2. The number of hydrogen-bond donors (Lipinski definition) is 1. The summed E-state index contributed by atoms with van der Waals surface area (Å²) in [4.78, 5) is 54.9. The predicted molar refractivity (Wildman–Crippen MR) is 117 cm³/mol. The number of carbonyl (C=O) groups excluding carboxylic acids is 4. The summed E-state index contributed by atoms with van der Waals surface area (Å²) < 4.78 is 13.2. The molecule has 8 nitrogen and oxygen atoms in total. The lowest BCUT2D eigenvalue weighted by Gasteiger charge is -2.36. The van der Waals surface area contributed by atoms with E-state index in [4.69, 9.17) is 0 Å². The van der Waals surface area contributed by atoms with Crippen LogP contribution in [-0.4, -0.2) is 65.6 Å². The van der Waals surface area contributed by atoms with E-state index in [0.29, 0.717) is 12.1 Å². The summed E-state index contributed by atoms with van der Waals surface area (Å²) in [7, 11) is 0. The van der Waals surface area contributed by atoms with Crippen molar-refractivity contribution in [3.63, 3.8) is 0 Å². The molecule has 2 aromatic carbocycles. The number of halogens is 1. The average Bonchev–Trinajstić information content (AvgIpc) is 3.05. The van der Waals surface area contributed by atoms with E-state index in [-0.39, 0.29) is 24.2 Å². The SMILES string of the molecule is O=C1CCC(N2C(=O)c3ccc(CN4CCN(c5ccc(F)cc5)CC4)cc3C2=O)C(=O)N1. The zero-order valence-electron chi connectivity index (χ0n) is 17.9. The largest absolute Gasteiger partial charge is 0.369 e. The van der Waals surface area contributed by atoms with Crippen LogP contribution in [0.2, 0.25) is 0 Å². The molecule has 0 aliphatic carbocycles. The van der Waals surface area contributed by atoms with Gasteiger partial charge in [-0.05, 0) is 48.4 Å². The topological polar surface area (TPSA) is 90.0 Å². The summed E-state index contributed by atoms with van der Waals surface area (Å²) >= 11 is 0. The Bertz CT molecular complexity index is 1140. The van der Waals surface area contributed by atoms with Crippen molar-refractivity contribution in [2.24, 2.45) is 0 Å². The molecule has 4 amide bonds. The molecule has 1 N–H and O–H groups in total. The van der Waals surface area contributed by atoms with Crippen molar-refractivity contribution in [1.82, 2.24) is 15.1 Å².